The number of hydrogen-bond acceptors (Lipinski definition) is 2. The third kappa shape index (κ3) is 3.67. The standard InChI is InChI=1S/C7H6Br2INO2S/c1-14(12,13)11-7-5(8)2-4(10)3-6(7)9/h2-3,11H,1H3. The fourth-order valence-corrected chi connectivity index (χ4v) is 4.54. The van der Waals surface area contributed by atoms with Gasteiger partial charge in [0.05, 0.1) is 11.9 Å². The Morgan fingerprint density at radius 2 is 1.71 bits per heavy atom. The Morgan fingerprint density at radius 3 is 2.07 bits per heavy atom. The summed E-state index contributed by atoms with van der Waals surface area (Å²) in [5, 5.41) is 0. The van der Waals surface area contributed by atoms with E-state index >= 15 is 0 Å². The van der Waals surface area contributed by atoms with Crippen LogP contribution in [0.5, 0.6) is 0 Å². The van der Waals surface area contributed by atoms with E-state index in [4.69, 9.17) is 0 Å². The quantitative estimate of drug-likeness (QED) is 0.698. The van der Waals surface area contributed by atoms with Gasteiger partial charge >= 0.3 is 0 Å². The van der Waals surface area contributed by atoms with E-state index in [1.165, 1.54) is 0 Å². The molecule has 0 saturated heterocycles. The lowest BCUT2D eigenvalue weighted by Gasteiger charge is -2.09. The van der Waals surface area contributed by atoms with Crippen LogP contribution in [0.3, 0.4) is 0 Å². The zero-order valence-corrected chi connectivity index (χ0v) is 13.2. The van der Waals surface area contributed by atoms with Gasteiger partial charge in [-0.15, -0.1) is 0 Å². The molecule has 0 aliphatic carbocycles. The van der Waals surface area contributed by atoms with Crippen molar-refractivity contribution in [1.29, 1.82) is 0 Å². The zero-order valence-electron chi connectivity index (χ0n) is 7.01. The Labute approximate surface area is 113 Å². The molecule has 0 saturated carbocycles. The molecule has 0 aliphatic rings. The van der Waals surface area contributed by atoms with E-state index < -0.39 is 10.0 Å². The summed E-state index contributed by atoms with van der Waals surface area (Å²) in [7, 11) is -3.25. The van der Waals surface area contributed by atoms with Crippen molar-refractivity contribution in [3.63, 3.8) is 0 Å². The highest BCUT2D eigenvalue weighted by atomic mass is 127. The predicted molar refractivity (Wildman–Crippen MR) is 73.0 cm³/mol. The molecule has 0 aliphatic heterocycles. The molecule has 0 bridgehead atoms. The third-order valence-electron chi connectivity index (χ3n) is 1.29. The lowest BCUT2D eigenvalue weighted by Crippen LogP contribution is -2.10. The molecule has 0 amide bonds. The van der Waals surface area contributed by atoms with Crippen LogP contribution >= 0.6 is 54.5 Å². The molecule has 14 heavy (non-hydrogen) atoms. The van der Waals surface area contributed by atoms with E-state index in [0.717, 1.165) is 9.83 Å². The predicted octanol–water partition coefficient (Wildman–Crippen LogP) is 3.19. The Hall–Kier alpha value is 0.660. The maximum absolute atomic E-state index is 11.0. The van der Waals surface area contributed by atoms with Gasteiger partial charge in [0.15, 0.2) is 0 Å². The summed E-state index contributed by atoms with van der Waals surface area (Å²) in [4.78, 5) is 0. The molecule has 7 heteroatoms. The lowest BCUT2D eigenvalue weighted by molar-refractivity contribution is 0.607. The van der Waals surface area contributed by atoms with E-state index in [9.17, 15) is 8.42 Å². The SMILES string of the molecule is CS(=O)(=O)Nc1c(Br)cc(I)cc1Br. The van der Waals surface area contributed by atoms with E-state index in [-0.39, 0.29) is 0 Å². The average molecular weight is 455 g/mol. The van der Waals surface area contributed by atoms with Crippen molar-refractivity contribution in [3.8, 4) is 0 Å². The first kappa shape index (κ1) is 12.7. The summed E-state index contributed by atoms with van der Waals surface area (Å²) in [5.41, 5.74) is 0.521. The Morgan fingerprint density at radius 1 is 1.29 bits per heavy atom. The number of sulfonamides is 1. The molecule has 3 nitrogen and oxygen atoms in total. The Bertz CT molecular complexity index is 438. The summed E-state index contributed by atoms with van der Waals surface area (Å²) >= 11 is 8.73. The van der Waals surface area contributed by atoms with Crippen LogP contribution in [0.4, 0.5) is 5.69 Å². The Kier molecular flexibility index (Phi) is 4.24. The van der Waals surface area contributed by atoms with Gasteiger partial charge in [-0.25, -0.2) is 8.42 Å². The van der Waals surface area contributed by atoms with Gasteiger partial charge in [-0.1, -0.05) is 0 Å². The first-order valence-electron chi connectivity index (χ1n) is 3.42. The highest BCUT2D eigenvalue weighted by Gasteiger charge is 2.10. The van der Waals surface area contributed by atoms with Crippen molar-refractivity contribution in [3.05, 3.63) is 24.6 Å². The van der Waals surface area contributed by atoms with Gasteiger partial charge in [0.25, 0.3) is 0 Å². The van der Waals surface area contributed by atoms with Crippen LogP contribution in [0, 0.1) is 3.57 Å². The largest absolute Gasteiger partial charge is 0.281 e. The average Bonchev–Trinajstić information content (AvgIpc) is 1.95. The number of benzene rings is 1. The van der Waals surface area contributed by atoms with Crippen molar-refractivity contribution in [2.45, 2.75) is 0 Å². The van der Waals surface area contributed by atoms with Crippen LogP contribution in [-0.4, -0.2) is 14.7 Å². The molecule has 1 aromatic carbocycles. The number of hydrogen-bond donors (Lipinski definition) is 1. The number of anilines is 1. The van der Waals surface area contributed by atoms with Gasteiger partial charge in [0.1, 0.15) is 0 Å². The van der Waals surface area contributed by atoms with Crippen molar-refractivity contribution in [2.24, 2.45) is 0 Å². The molecule has 78 valence electrons. The maximum Gasteiger partial charge on any atom is 0.229 e. The van der Waals surface area contributed by atoms with Gasteiger partial charge in [-0.3, -0.25) is 4.72 Å². The number of nitrogens with one attached hydrogen (secondary N) is 1. The van der Waals surface area contributed by atoms with Crippen LogP contribution in [0.2, 0.25) is 0 Å². The first-order chi connectivity index (χ1) is 6.29. The third-order valence-corrected chi connectivity index (χ3v) is 3.74. The smallest absolute Gasteiger partial charge is 0.229 e. The van der Waals surface area contributed by atoms with Crippen LogP contribution in [-0.2, 0) is 10.0 Å². The molecule has 1 aromatic rings. The van der Waals surface area contributed by atoms with E-state index in [0.29, 0.717) is 14.6 Å². The normalized spacial score (nSPS) is 11.4. The van der Waals surface area contributed by atoms with Crippen LogP contribution in [0.15, 0.2) is 21.1 Å². The van der Waals surface area contributed by atoms with Gasteiger partial charge in [-0.2, -0.15) is 0 Å². The van der Waals surface area contributed by atoms with Gasteiger partial charge < -0.3 is 0 Å². The minimum absolute atomic E-state index is 0.521. The first-order valence-corrected chi connectivity index (χ1v) is 7.97. The second-order valence-corrected chi connectivity index (χ2v) is 7.32. The summed E-state index contributed by atoms with van der Waals surface area (Å²) in [6.45, 7) is 0. The van der Waals surface area contributed by atoms with Gasteiger partial charge in [0.2, 0.25) is 10.0 Å². The molecule has 0 spiro atoms. The van der Waals surface area contributed by atoms with Crippen LogP contribution in [0.1, 0.15) is 0 Å². The van der Waals surface area contributed by atoms with Crippen LogP contribution < -0.4 is 4.72 Å². The van der Waals surface area contributed by atoms with Crippen molar-refractivity contribution >= 4 is 70.2 Å². The molecule has 0 fully saturated rings. The summed E-state index contributed by atoms with van der Waals surface area (Å²) in [6, 6.07) is 3.66. The molecule has 0 atom stereocenters. The minimum Gasteiger partial charge on any atom is -0.281 e. The highest BCUT2D eigenvalue weighted by Crippen LogP contribution is 2.33. The second kappa shape index (κ2) is 4.67. The van der Waals surface area contributed by atoms with Gasteiger partial charge in [0, 0.05) is 12.5 Å². The summed E-state index contributed by atoms with van der Waals surface area (Å²) in [5.74, 6) is 0. The second-order valence-electron chi connectivity index (χ2n) is 2.62. The monoisotopic (exact) mass is 453 g/mol. The number of rotatable bonds is 2. The molecule has 0 radical (unpaired) electrons. The summed E-state index contributed by atoms with van der Waals surface area (Å²) in [6.07, 6.45) is 1.11. The fourth-order valence-electron chi connectivity index (χ4n) is 0.825. The maximum atomic E-state index is 11.0. The van der Waals surface area contributed by atoms with E-state index in [2.05, 4.69) is 59.2 Å². The molecule has 0 unspecified atom stereocenters. The minimum atomic E-state index is -3.25. The molecule has 1 N–H and O–H groups in total. The molecule has 0 aromatic heterocycles. The van der Waals surface area contributed by atoms with Crippen LogP contribution in [0.25, 0.3) is 0 Å². The van der Waals surface area contributed by atoms with Crippen molar-refractivity contribution in [2.75, 3.05) is 11.0 Å². The topological polar surface area (TPSA) is 46.2 Å². The fraction of sp³-hybridized carbons (Fsp3) is 0.143. The molecular formula is C7H6Br2INO2S. The Balaban J connectivity index is 3.22. The van der Waals surface area contributed by atoms with E-state index in [1.807, 2.05) is 12.1 Å². The van der Waals surface area contributed by atoms with Crippen molar-refractivity contribution in [1.82, 2.24) is 0 Å². The summed E-state index contributed by atoms with van der Waals surface area (Å²) < 4.78 is 26.9. The van der Waals surface area contributed by atoms with Crippen molar-refractivity contribution < 1.29 is 8.42 Å². The van der Waals surface area contributed by atoms with Gasteiger partial charge in [-0.05, 0) is 66.6 Å². The molecular weight excluding hydrogens is 449 g/mol. The highest BCUT2D eigenvalue weighted by molar-refractivity contribution is 14.1. The zero-order chi connectivity index (χ0) is 10.9. The van der Waals surface area contributed by atoms with E-state index in [1.54, 1.807) is 0 Å². The number of halogens is 3. The molecule has 0 heterocycles. The molecule has 1 rings (SSSR count). The lowest BCUT2D eigenvalue weighted by atomic mass is 10.3.